The van der Waals surface area contributed by atoms with Gasteiger partial charge in [-0.25, -0.2) is 0 Å². The molecule has 0 radical (unpaired) electrons. The fourth-order valence-corrected chi connectivity index (χ4v) is 3.98. The van der Waals surface area contributed by atoms with Gasteiger partial charge in [-0.1, -0.05) is 29.8 Å². The third-order valence-corrected chi connectivity index (χ3v) is 5.38. The second kappa shape index (κ2) is 8.11. The minimum Gasteiger partial charge on any atom is -0.480 e. The van der Waals surface area contributed by atoms with Crippen molar-refractivity contribution in [2.45, 2.75) is 37.3 Å². The van der Waals surface area contributed by atoms with Gasteiger partial charge in [-0.3, -0.25) is 9.69 Å². The molecular formula is C20H16ClF6NO2. The molecule has 0 aromatic heterocycles. The van der Waals surface area contributed by atoms with E-state index < -0.39 is 46.6 Å². The van der Waals surface area contributed by atoms with Crippen LogP contribution in [0.15, 0.2) is 42.5 Å². The molecule has 0 spiro atoms. The van der Waals surface area contributed by atoms with Crippen molar-refractivity contribution in [2.75, 3.05) is 6.54 Å². The summed E-state index contributed by atoms with van der Waals surface area (Å²) in [4.78, 5) is 13.1. The molecule has 3 rings (SSSR count). The van der Waals surface area contributed by atoms with Gasteiger partial charge in [0.15, 0.2) is 0 Å². The summed E-state index contributed by atoms with van der Waals surface area (Å²) in [7, 11) is 0. The van der Waals surface area contributed by atoms with Crippen LogP contribution in [0.2, 0.25) is 5.02 Å². The van der Waals surface area contributed by atoms with Crippen molar-refractivity contribution >= 4 is 17.6 Å². The van der Waals surface area contributed by atoms with Crippen LogP contribution in [0.3, 0.4) is 0 Å². The van der Waals surface area contributed by atoms with E-state index in [1.165, 1.54) is 17.0 Å². The van der Waals surface area contributed by atoms with Crippen LogP contribution in [0, 0.1) is 0 Å². The number of likely N-dealkylation sites (tertiary alicyclic amines) is 1. The molecule has 2 aromatic rings. The maximum atomic E-state index is 13.4. The van der Waals surface area contributed by atoms with Crippen LogP contribution in [-0.2, 0) is 17.1 Å². The average Bonchev–Trinajstić information content (AvgIpc) is 3.11. The van der Waals surface area contributed by atoms with Crippen LogP contribution in [0.1, 0.15) is 41.1 Å². The summed E-state index contributed by atoms with van der Waals surface area (Å²) in [5, 5.41) is 8.96. The number of rotatable bonds is 4. The Balaban J connectivity index is 2.18. The van der Waals surface area contributed by atoms with Gasteiger partial charge in [0, 0.05) is 6.54 Å². The number of halogens is 7. The minimum atomic E-state index is -4.78. The van der Waals surface area contributed by atoms with E-state index in [0.29, 0.717) is 6.42 Å². The molecule has 2 unspecified atom stereocenters. The standard InChI is InChI=1S/C20H16ClF6NO2/c21-15-7-6-12(10-14(15)20(25,26)27)17(28-8-2-5-16(28)18(29)30)11-3-1-4-13(9-11)19(22,23)24/h1,3-4,6-7,9-10,16-17H,2,5,8H2,(H,29,30). The van der Waals surface area contributed by atoms with Crippen LogP contribution in [0.5, 0.6) is 0 Å². The van der Waals surface area contributed by atoms with Gasteiger partial charge in [0.1, 0.15) is 6.04 Å². The lowest BCUT2D eigenvalue weighted by Crippen LogP contribution is -2.39. The molecule has 162 valence electrons. The molecule has 10 heteroatoms. The number of carboxylic acids is 1. The third-order valence-electron chi connectivity index (χ3n) is 5.05. The SMILES string of the molecule is O=C(O)C1CCCN1C(c1cccc(C(F)(F)F)c1)c1ccc(Cl)c(C(F)(F)F)c1. The van der Waals surface area contributed by atoms with Gasteiger partial charge in [0.25, 0.3) is 0 Å². The third kappa shape index (κ3) is 4.57. The fourth-order valence-electron chi connectivity index (χ4n) is 3.75. The van der Waals surface area contributed by atoms with E-state index in [1.54, 1.807) is 0 Å². The largest absolute Gasteiger partial charge is 0.480 e. The molecule has 0 saturated carbocycles. The number of hydrogen-bond donors (Lipinski definition) is 1. The van der Waals surface area contributed by atoms with Crippen molar-refractivity contribution in [3.05, 3.63) is 69.7 Å². The Morgan fingerprint density at radius 3 is 2.30 bits per heavy atom. The molecule has 1 saturated heterocycles. The van der Waals surface area contributed by atoms with Gasteiger partial charge in [0.05, 0.1) is 22.2 Å². The maximum Gasteiger partial charge on any atom is 0.417 e. The highest BCUT2D eigenvalue weighted by Crippen LogP contribution is 2.41. The van der Waals surface area contributed by atoms with Crippen molar-refractivity contribution in [1.82, 2.24) is 4.90 Å². The first-order chi connectivity index (χ1) is 13.9. The van der Waals surface area contributed by atoms with Crippen LogP contribution in [0.4, 0.5) is 26.3 Å². The number of hydrogen-bond acceptors (Lipinski definition) is 2. The number of aliphatic carboxylic acids is 1. The molecule has 0 bridgehead atoms. The number of alkyl halides is 6. The van der Waals surface area contributed by atoms with Crippen molar-refractivity contribution in [1.29, 1.82) is 0 Å². The molecular weight excluding hydrogens is 436 g/mol. The van der Waals surface area contributed by atoms with E-state index in [9.17, 15) is 36.2 Å². The lowest BCUT2D eigenvalue weighted by molar-refractivity contribution is -0.143. The number of benzene rings is 2. The lowest BCUT2D eigenvalue weighted by atomic mass is 9.93. The van der Waals surface area contributed by atoms with E-state index in [4.69, 9.17) is 11.6 Å². The Kier molecular flexibility index (Phi) is 6.06. The second-order valence-electron chi connectivity index (χ2n) is 7.00. The van der Waals surface area contributed by atoms with Gasteiger partial charge >= 0.3 is 18.3 Å². The average molecular weight is 452 g/mol. The smallest absolute Gasteiger partial charge is 0.417 e. The molecule has 1 N–H and O–H groups in total. The molecule has 0 aliphatic carbocycles. The molecule has 0 amide bonds. The molecule has 30 heavy (non-hydrogen) atoms. The lowest BCUT2D eigenvalue weighted by Gasteiger charge is -2.32. The summed E-state index contributed by atoms with van der Waals surface area (Å²) in [5.41, 5.74) is -2.04. The van der Waals surface area contributed by atoms with Crippen molar-refractivity contribution in [3.63, 3.8) is 0 Å². The Bertz CT molecular complexity index is 944. The highest BCUT2D eigenvalue weighted by Gasteiger charge is 2.40. The molecule has 1 heterocycles. The van der Waals surface area contributed by atoms with Crippen LogP contribution in [-0.4, -0.2) is 28.6 Å². The van der Waals surface area contributed by atoms with Crippen LogP contribution >= 0.6 is 11.6 Å². The number of carbonyl (C=O) groups is 1. The molecule has 1 aliphatic rings. The van der Waals surface area contributed by atoms with Crippen molar-refractivity contribution in [3.8, 4) is 0 Å². The zero-order chi connectivity index (χ0) is 22.3. The van der Waals surface area contributed by atoms with Gasteiger partial charge in [-0.05, 0) is 48.2 Å². The van der Waals surface area contributed by atoms with Crippen molar-refractivity contribution in [2.24, 2.45) is 0 Å². The van der Waals surface area contributed by atoms with Gasteiger partial charge in [-0.2, -0.15) is 26.3 Å². The monoisotopic (exact) mass is 451 g/mol. The number of carboxylic acid groups (broad SMARTS) is 1. The summed E-state index contributed by atoms with van der Waals surface area (Å²) in [5.74, 6) is -1.19. The zero-order valence-corrected chi connectivity index (χ0v) is 16.0. The topological polar surface area (TPSA) is 40.5 Å². The highest BCUT2D eigenvalue weighted by atomic mass is 35.5. The molecule has 1 aliphatic heterocycles. The van der Waals surface area contributed by atoms with Crippen LogP contribution in [0.25, 0.3) is 0 Å². The van der Waals surface area contributed by atoms with Gasteiger partial charge in [-0.15, -0.1) is 0 Å². The van der Waals surface area contributed by atoms with E-state index in [0.717, 1.165) is 30.3 Å². The Morgan fingerprint density at radius 1 is 1.03 bits per heavy atom. The molecule has 1 fully saturated rings. The van der Waals surface area contributed by atoms with Crippen molar-refractivity contribution < 1.29 is 36.2 Å². The minimum absolute atomic E-state index is 0.0131. The Hall–Kier alpha value is -2.26. The predicted molar refractivity (Wildman–Crippen MR) is 97.1 cm³/mol. The number of nitrogens with zero attached hydrogens (tertiary/aromatic N) is 1. The highest BCUT2D eigenvalue weighted by molar-refractivity contribution is 6.31. The van der Waals surface area contributed by atoms with Gasteiger partial charge in [0.2, 0.25) is 0 Å². The van der Waals surface area contributed by atoms with E-state index in [2.05, 4.69) is 0 Å². The second-order valence-corrected chi connectivity index (χ2v) is 7.40. The van der Waals surface area contributed by atoms with E-state index in [-0.39, 0.29) is 24.1 Å². The molecule has 2 aromatic carbocycles. The quantitative estimate of drug-likeness (QED) is 0.578. The Labute approximate surface area is 172 Å². The zero-order valence-electron chi connectivity index (χ0n) is 15.3. The summed E-state index contributed by atoms with van der Waals surface area (Å²) in [6, 6.07) is 5.10. The van der Waals surface area contributed by atoms with E-state index >= 15 is 0 Å². The summed E-state index contributed by atoms with van der Waals surface area (Å²) >= 11 is 5.68. The predicted octanol–water partition coefficient (Wildman–Crippen LogP) is 6.02. The normalized spacial score (nSPS) is 19.1. The van der Waals surface area contributed by atoms with Gasteiger partial charge < -0.3 is 5.11 Å². The van der Waals surface area contributed by atoms with E-state index in [1.807, 2.05) is 0 Å². The van der Waals surface area contributed by atoms with Crippen LogP contribution < -0.4 is 0 Å². The maximum absolute atomic E-state index is 13.4. The fraction of sp³-hybridized carbons (Fsp3) is 0.350. The first-order valence-electron chi connectivity index (χ1n) is 8.92. The summed E-state index contributed by atoms with van der Waals surface area (Å²) in [6.45, 7) is 0.210. The first-order valence-corrected chi connectivity index (χ1v) is 9.29. The molecule has 2 atom stereocenters. The first kappa shape index (κ1) is 22.4. The Morgan fingerprint density at radius 2 is 1.70 bits per heavy atom. The summed E-state index contributed by atoms with van der Waals surface area (Å²) < 4.78 is 79.7. The summed E-state index contributed by atoms with van der Waals surface area (Å²) in [6.07, 6.45) is -8.74. The molecule has 3 nitrogen and oxygen atoms in total.